The Morgan fingerprint density at radius 3 is 2.40 bits per heavy atom. The number of amides is 2. The van der Waals surface area contributed by atoms with Crippen molar-refractivity contribution in [3.05, 3.63) is 55.5 Å². The van der Waals surface area contributed by atoms with Crippen LogP contribution in [0.1, 0.15) is 66.6 Å². The molecule has 2 rings (SSSR count). The monoisotopic (exact) mass is 569 g/mol. The highest BCUT2D eigenvalue weighted by Crippen LogP contribution is 2.37. The van der Waals surface area contributed by atoms with E-state index in [1.807, 2.05) is 37.6 Å². The number of nitrogens with one attached hydrogen (secondary N) is 1. The molecule has 220 valence electrons. The third-order valence-electron chi connectivity index (χ3n) is 7.46. The summed E-state index contributed by atoms with van der Waals surface area (Å²) in [6.07, 6.45) is 5.93. The zero-order valence-corrected chi connectivity index (χ0v) is 26.6. The van der Waals surface area contributed by atoms with Gasteiger partial charge in [-0.25, -0.2) is 4.79 Å². The average Bonchev–Trinajstić information content (AvgIpc) is 3.23. The Bertz CT molecular complexity index is 1210. The van der Waals surface area contributed by atoms with Crippen LogP contribution in [0.15, 0.2) is 49.8 Å². The topological polar surface area (TPSA) is 110 Å². The van der Waals surface area contributed by atoms with E-state index in [4.69, 9.17) is 4.43 Å². The molecule has 0 aromatic carbocycles. The van der Waals surface area contributed by atoms with Gasteiger partial charge in [0, 0.05) is 17.3 Å². The summed E-state index contributed by atoms with van der Waals surface area (Å²) in [6, 6.07) is 3.16. The van der Waals surface area contributed by atoms with Crippen molar-refractivity contribution in [3.63, 3.8) is 0 Å². The van der Waals surface area contributed by atoms with Gasteiger partial charge in [-0.2, -0.15) is 5.10 Å². The van der Waals surface area contributed by atoms with E-state index in [-0.39, 0.29) is 16.9 Å². The van der Waals surface area contributed by atoms with Gasteiger partial charge in [0.1, 0.15) is 0 Å². The van der Waals surface area contributed by atoms with E-state index in [2.05, 4.69) is 62.4 Å². The van der Waals surface area contributed by atoms with Crippen molar-refractivity contribution in [2.24, 2.45) is 5.92 Å². The van der Waals surface area contributed by atoms with Crippen LogP contribution in [-0.4, -0.2) is 57.2 Å². The molecule has 10 heteroatoms. The fraction of sp³-hybridized carbons (Fsp3) is 0.533. The first-order valence-electron chi connectivity index (χ1n) is 13.7. The van der Waals surface area contributed by atoms with Crippen LogP contribution in [0, 0.1) is 5.92 Å². The first-order chi connectivity index (χ1) is 18.4. The Morgan fingerprint density at radius 2 is 1.88 bits per heavy atom. The first kappa shape index (κ1) is 33.0. The van der Waals surface area contributed by atoms with Crippen molar-refractivity contribution in [2.75, 3.05) is 11.9 Å². The molecule has 0 fully saturated rings. The molecular weight excluding hydrogens is 522 g/mol. The van der Waals surface area contributed by atoms with Gasteiger partial charge in [-0.15, -0.1) is 13.2 Å². The van der Waals surface area contributed by atoms with Gasteiger partial charge >= 0.3 is 6.09 Å². The molecule has 2 amide bonds. The number of pyridine rings is 1. The fourth-order valence-electron chi connectivity index (χ4n) is 4.09. The molecule has 0 bridgehead atoms. The van der Waals surface area contributed by atoms with Crippen LogP contribution >= 0.6 is 0 Å². The molecule has 0 spiro atoms. The molecule has 0 saturated heterocycles. The molecule has 1 unspecified atom stereocenters. The van der Waals surface area contributed by atoms with Gasteiger partial charge in [0.2, 0.25) is 5.91 Å². The summed E-state index contributed by atoms with van der Waals surface area (Å²) in [4.78, 5) is 31.1. The predicted octanol–water partition coefficient (Wildman–Crippen LogP) is 7.12. The average molecular weight is 570 g/mol. The summed E-state index contributed by atoms with van der Waals surface area (Å²) < 4.78 is 8.23. The number of carboxylic acid groups (broad SMARTS) is 1. The Morgan fingerprint density at radius 1 is 1.23 bits per heavy atom. The number of hydrogen-bond acceptors (Lipinski definition) is 5. The second-order valence-electron chi connectivity index (χ2n) is 12.6. The predicted molar refractivity (Wildman–Crippen MR) is 164 cm³/mol. The lowest BCUT2D eigenvalue weighted by Crippen LogP contribution is -2.47. The minimum Gasteiger partial charge on any atom is -0.465 e. The van der Waals surface area contributed by atoms with Crippen LogP contribution in [-0.2, 0) is 15.8 Å². The maximum atomic E-state index is 12.8. The summed E-state index contributed by atoms with van der Waals surface area (Å²) in [7, 11) is -1.97. The van der Waals surface area contributed by atoms with Gasteiger partial charge in [-0.05, 0) is 57.5 Å². The van der Waals surface area contributed by atoms with Crippen LogP contribution in [0.2, 0.25) is 18.1 Å². The normalized spacial score (nSPS) is 13.8. The van der Waals surface area contributed by atoms with Crippen molar-refractivity contribution in [1.82, 2.24) is 19.7 Å². The highest BCUT2D eigenvalue weighted by Gasteiger charge is 2.37. The van der Waals surface area contributed by atoms with E-state index >= 15 is 0 Å². The molecule has 0 radical (unpaired) electrons. The number of carbonyl (C=O) groups excluding carboxylic acids is 1. The van der Waals surface area contributed by atoms with Gasteiger partial charge in [-0.1, -0.05) is 39.8 Å². The van der Waals surface area contributed by atoms with E-state index in [1.54, 1.807) is 31.5 Å². The zero-order chi connectivity index (χ0) is 30.5. The molecule has 2 atom stereocenters. The molecule has 0 saturated carbocycles. The molecule has 0 aliphatic carbocycles. The number of hydrogen-bond donors (Lipinski definition) is 2. The highest BCUT2D eigenvalue weighted by molar-refractivity contribution is 6.74. The Labute approximate surface area is 240 Å². The maximum absolute atomic E-state index is 12.8. The van der Waals surface area contributed by atoms with Crippen molar-refractivity contribution < 1.29 is 19.1 Å². The van der Waals surface area contributed by atoms with E-state index in [1.165, 1.54) is 4.90 Å². The SMILES string of the molecule is C=CC[C@@H](c1cc(-c2c(NC(=O)C(C)C=C)cnn2CCO[Si](C)(C)C(C)(C)C)ccn1)N(C(=O)O)C(C)(C)C. The molecule has 9 nitrogen and oxygen atoms in total. The Kier molecular flexibility index (Phi) is 10.7. The fourth-order valence-corrected chi connectivity index (χ4v) is 5.12. The third kappa shape index (κ3) is 7.91. The number of carbonyl (C=O) groups is 2. The second-order valence-corrected chi connectivity index (χ2v) is 17.4. The van der Waals surface area contributed by atoms with Gasteiger partial charge in [0.25, 0.3) is 0 Å². The number of anilines is 1. The second kappa shape index (κ2) is 12.9. The van der Waals surface area contributed by atoms with Crippen LogP contribution in [0.5, 0.6) is 0 Å². The summed E-state index contributed by atoms with van der Waals surface area (Å²) in [6.45, 7) is 26.9. The summed E-state index contributed by atoms with van der Waals surface area (Å²) in [5.74, 6) is -0.587. The van der Waals surface area contributed by atoms with Gasteiger partial charge < -0.3 is 14.8 Å². The molecule has 2 N–H and O–H groups in total. The molecule has 2 heterocycles. The smallest absolute Gasteiger partial charge is 0.408 e. The lowest BCUT2D eigenvalue weighted by molar-refractivity contribution is -0.118. The lowest BCUT2D eigenvalue weighted by atomic mass is 9.98. The van der Waals surface area contributed by atoms with E-state index in [0.29, 0.717) is 36.6 Å². The van der Waals surface area contributed by atoms with Crippen molar-refractivity contribution in [2.45, 2.75) is 91.1 Å². The van der Waals surface area contributed by atoms with Crippen LogP contribution in [0.4, 0.5) is 10.5 Å². The standard InChI is InChI=1S/C30H47N5O4Si/c1-12-14-25(35(28(37)38)29(4,5)6)23-19-22(15-16-31-23)26-24(33-27(36)21(3)13-2)20-32-34(26)17-18-39-40(10,11)30(7,8)9/h12-13,15-16,19-21,25H,1-2,14,17-18H2,3-11H3,(H,33,36)(H,37,38)/t21?,25-/m0/s1. The molecule has 2 aromatic heterocycles. The van der Waals surface area contributed by atoms with E-state index in [9.17, 15) is 14.7 Å². The van der Waals surface area contributed by atoms with Crippen LogP contribution < -0.4 is 5.32 Å². The molecule has 40 heavy (non-hydrogen) atoms. The zero-order valence-electron chi connectivity index (χ0n) is 25.6. The molecule has 0 aliphatic heterocycles. The first-order valence-corrected chi connectivity index (χ1v) is 16.6. The van der Waals surface area contributed by atoms with Gasteiger partial charge in [0.05, 0.1) is 48.4 Å². The Hall–Kier alpha value is -3.24. The molecule has 0 aliphatic rings. The third-order valence-corrected chi connectivity index (χ3v) is 12.0. The number of nitrogens with zero attached hydrogens (tertiary/aromatic N) is 4. The summed E-state index contributed by atoms with van der Waals surface area (Å²) in [5.41, 5.74) is 1.91. The van der Waals surface area contributed by atoms with Crippen LogP contribution in [0.3, 0.4) is 0 Å². The number of rotatable bonds is 12. The van der Waals surface area contributed by atoms with Gasteiger partial charge in [0.15, 0.2) is 8.32 Å². The van der Waals surface area contributed by atoms with Gasteiger partial charge in [-0.3, -0.25) is 19.4 Å². The largest absolute Gasteiger partial charge is 0.465 e. The van der Waals surface area contributed by atoms with E-state index in [0.717, 1.165) is 5.56 Å². The molecule has 2 aromatic rings. The van der Waals surface area contributed by atoms with E-state index < -0.39 is 26.0 Å². The number of aromatic nitrogens is 3. The molecular formula is C30H47N5O4Si. The quantitative estimate of drug-likeness (QED) is 0.208. The van der Waals surface area contributed by atoms with Crippen LogP contribution in [0.25, 0.3) is 11.3 Å². The summed E-state index contributed by atoms with van der Waals surface area (Å²) in [5, 5.41) is 17.7. The van der Waals surface area contributed by atoms with Crippen molar-refractivity contribution in [1.29, 1.82) is 0 Å². The van der Waals surface area contributed by atoms with Crippen molar-refractivity contribution in [3.8, 4) is 11.3 Å². The highest BCUT2D eigenvalue weighted by atomic mass is 28.4. The maximum Gasteiger partial charge on any atom is 0.408 e. The van der Waals surface area contributed by atoms with Crippen molar-refractivity contribution >= 4 is 26.0 Å². The Balaban J connectivity index is 2.59. The minimum absolute atomic E-state index is 0.0726. The minimum atomic E-state index is -1.97. The summed E-state index contributed by atoms with van der Waals surface area (Å²) >= 11 is 0. The lowest BCUT2D eigenvalue weighted by Gasteiger charge is -2.39.